The molecule has 1 aromatic heterocycles. The highest BCUT2D eigenvalue weighted by atomic mass is 35.5. The highest BCUT2D eigenvalue weighted by Gasteiger charge is 2.07. The Balaban J connectivity index is 1.99. The number of hydrogen-bond donors (Lipinski definition) is 1. The Kier molecular flexibility index (Phi) is 3.64. The van der Waals surface area contributed by atoms with Gasteiger partial charge in [0.25, 0.3) is 6.01 Å². The lowest BCUT2D eigenvalue weighted by molar-refractivity contribution is 0.200. The van der Waals surface area contributed by atoms with Gasteiger partial charge in [-0.2, -0.15) is 4.98 Å². The van der Waals surface area contributed by atoms with Gasteiger partial charge in [-0.15, -0.1) is 11.6 Å². The van der Waals surface area contributed by atoms with Gasteiger partial charge in [0, 0.05) is 13.7 Å². The number of rotatable bonds is 5. The Morgan fingerprint density at radius 3 is 3.06 bits per heavy atom. The Hall–Kier alpha value is -1.26. The number of methoxy groups -OCH3 is 1. The van der Waals surface area contributed by atoms with E-state index >= 15 is 0 Å². The number of aromatic nitrogens is 1. The Bertz CT molecular complexity index is 425. The Morgan fingerprint density at radius 2 is 2.31 bits per heavy atom. The van der Waals surface area contributed by atoms with Crippen molar-refractivity contribution < 1.29 is 9.15 Å². The number of nitrogens with one attached hydrogen (secondary N) is 1. The van der Waals surface area contributed by atoms with Crippen molar-refractivity contribution in [3.8, 4) is 0 Å². The number of alkyl halides is 1. The van der Waals surface area contributed by atoms with Crippen LogP contribution in [0.25, 0.3) is 11.1 Å². The smallest absolute Gasteiger partial charge is 0.295 e. The van der Waals surface area contributed by atoms with Gasteiger partial charge in [0.2, 0.25) is 0 Å². The van der Waals surface area contributed by atoms with E-state index in [9.17, 15) is 0 Å². The van der Waals surface area contributed by atoms with Crippen LogP contribution in [0.2, 0.25) is 0 Å². The molecule has 2 rings (SSSR count). The molecule has 0 fully saturated rings. The second-order valence-electron chi connectivity index (χ2n) is 3.42. The maximum Gasteiger partial charge on any atom is 0.295 e. The van der Waals surface area contributed by atoms with Crippen LogP contribution < -0.4 is 5.32 Å². The lowest BCUT2D eigenvalue weighted by atomic mass is 10.3. The number of benzene rings is 1. The van der Waals surface area contributed by atoms with Crippen molar-refractivity contribution in [3.63, 3.8) is 0 Å². The molecule has 2 aromatic rings. The van der Waals surface area contributed by atoms with Gasteiger partial charge in [-0.05, 0) is 12.1 Å². The Morgan fingerprint density at radius 1 is 1.50 bits per heavy atom. The minimum atomic E-state index is -0.0972. The van der Waals surface area contributed by atoms with Crippen LogP contribution in [0.4, 0.5) is 6.01 Å². The lowest BCUT2D eigenvalue weighted by Crippen LogP contribution is -2.19. The van der Waals surface area contributed by atoms with Gasteiger partial charge < -0.3 is 14.5 Å². The summed E-state index contributed by atoms with van der Waals surface area (Å²) >= 11 is 5.97. The molecule has 16 heavy (non-hydrogen) atoms. The van der Waals surface area contributed by atoms with Crippen LogP contribution in [0, 0.1) is 0 Å². The zero-order valence-corrected chi connectivity index (χ0v) is 9.70. The molecule has 0 amide bonds. The fourth-order valence-corrected chi connectivity index (χ4v) is 1.59. The van der Waals surface area contributed by atoms with Gasteiger partial charge in [-0.1, -0.05) is 12.1 Å². The number of oxazole rings is 1. The normalized spacial score (nSPS) is 12.9. The number of para-hydroxylation sites is 2. The summed E-state index contributed by atoms with van der Waals surface area (Å²) in [5, 5.41) is 2.93. The zero-order chi connectivity index (χ0) is 11.4. The summed E-state index contributed by atoms with van der Waals surface area (Å²) in [5.74, 6) is 0. The Labute approximate surface area is 98.6 Å². The van der Waals surface area contributed by atoms with Crippen LogP contribution in [0.3, 0.4) is 0 Å². The van der Waals surface area contributed by atoms with Gasteiger partial charge >= 0.3 is 0 Å². The van der Waals surface area contributed by atoms with Gasteiger partial charge in [0.1, 0.15) is 5.52 Å². The second kappa shape index (κ2) is 5.18. The van der Waals surface area contributed by atoms with Gasteiger partial charge in [-0.25, -0.2) is 0 Å². The van der Waals surface area contributed by atoms with Crippen LogP contribution in [-0.2, 0) is 4.74 Å². The summed E-state index contributed by atoms with van der Waals surface area (Å²) < 4.78 is 10.4. The van der Waals surface area contributed by atoms with E-state index in [1.54, 1.807) is 7.11 Å². The molecule has 0 aliphatic heterocycles. The summed E-state index contributed by atoms with van der Waals surface area (Å²) in [6.45, 7) is 1.05. The molecule has 5 heteroatoms. The number of halogens is 1. The monoisotopic (exact) mass is 240 g/mol. The first-order valence-electron chi connectivity index (χ1n) is 5.02. The summed E-state index contributed by atoms with van der Waals surface area (Å²) in [6, 6.07) is 8.09. The second-order valence-corrected chi connectivity index (χ2v) is 4.04. The van der Waals surface area contributed by atoms with Crippen molar-refractivity contribution in [2.24, 2.45) is 0 Å². The van der Waals surface area contributed by atoms with E-state index in [2.05, 4.69) is 10.3 Å². The minimum absolute atomic E-state index is 0.0972. The first-order valence-corrected chi connectivity index (χ1v) is 5.45. The first kappa shape index (κ1) is 11.2. The lowest BCUT2D eigenvalue weighted by Gasteiger charge is -2.07. The quantitative estimate of drug-likeness (QED) is 0.816. The maximum absolute atomic E-state index is 5.97. The van der Waals surface area contributed by atoms with Crippen LogP contribution in [0.15, 0.2) is 28.7 Å². The fraction of sp³-hybridized carbons (Fsp3) is 0.364. The van der Waals surface area contributed by atoms with Gasteiger partial charge in [-0.3, -0.25) is 0 Å². The van der Waals surface area contributed by atoms with E-state index in [-0.39, 0.29) is 5.38 Å². The van der Waals surface area contributed by atoms with E-state index in [0.717, 1.165) is 11.1 Å². The van der Waals surface area contributed by atoms with Crippen LogP contribution in [0.1, 0.15) is 0 Å². The van der Waals surface area contributed by atoms with E-state index in [1.165, 1.54) is 0 Å². The summed E-state index contributed by atoms with van der Waals surface area (Å²) in [5.41, 5.74) is 1.60. The summed E-state index contributed by atoms with van der Waals surface area (Å²) in [6.07, 6.45) is 0. The predicted octanol–water partition coefficient (Wildman–Crippen LogP) is 2.49. The molecule has 1 aromatic carbocycles. The predicted molar refractivity (Wildman–Crippen MR) is 64.0 cm³/mol. The maximum atomic E-state index is 5.97. The molecule has 86 valence electrons. The fourth-order valence-electron chi connectivity index (χ4n) is 1.39. The molecule has 0 aliphatic carbocycles. The number of anilines is 1. The third-order valence-corrected chi connectivity index (χ3v) is 2.40. The van der Waals surface area contributed by atoms with Crippen LogP contribution in [-0.4, -0.2) is 30.6 Å². The van der Waals surface area contributed by atoms with E-state index in [4.69, 9.17) is 20.8 Å². The molecule has 0 saturated carbocycles. The largest absolute Gasteiger partial charge is 0.424 e. The molecule has 1 unspecified atom stereocenters. The molecule has 0 saturated heterocycles. The molecule has 0 aliphatic rings. The summed E-state index contributed by atoms with van der Waals surface area (Å²) in [7, 11) is 1.62. The third kappa shape index (κ3) is 2.65. The average molecular weight is 241 g/mol. The van der Waals surface area contributed by atoms with Crippen molar-refractivity contribution in [3.05, 3.63) is 24.3 Å². The molecular weight excluding hydrogens is 228 g/mol. The van der Waals surface area contributed by atoms with E-state index < -0.39 is 0 Å². The number of fused-ring (bicyclic) bond motifs is 1. The molecular formula is C11H13ClN2O2. The molecule has 0 spiro atoms. The topological polar surface area (TPSA) is 47.3 Å². The molecule has 4 nitrogen and oxygen atoms in total. The molecule has 1 heterocycles. The van der Waals surface area contributed by atoms with Crippen molar-refractivity contribution in [1.82, 2.24) is 4.98 Å². The van der Waals surface area contributed by atoms with Crippen LogP contribution in [0.5, 0.6) is 0 Å². The number of hydrogen-bond acceptors (Lipinski definition) is 4. The minimum Gasteiger partial charge on any atom is -0.424 e. The third-order valence-electron chi connectivity index (χ3n) is 2.12. The molecule has 1 atom stereocenters. The highest BCUT2D eigenvalue weighted by Crippen LogP contribution is 2.18. The molecule has 0 bridgehead atoms. The summed E-state index contributed by atoms with van der Waals surface area (Å²) in [4.78, 5) is 4.27. The standard InChI is InChI=1S/C11H13ClN2O2/c1-15-7-8(12)6-13-11-14-9-4-2-3-5-10(9)16-11/h2-5,8H,6-7H2,1H3,(H,13,14). The molecule has 0 radical (unpaired) electrons. The number of nitrogens with zero attached hydrogens (tertiary/aromatic N) is 1. The molecule has 1 N–H and O–H groups in total. The first-order chi connectivity index (χ1) is 7.79. The van der Waals surface area contributed by atoms with E-state index in [1.807, 2.05) is 24.3 Å². The van der Waals surface area contributed by atoms with Crippen molar-refractivity contribution in [2.75, 3.05) is 25.6 Å². The highest BCUT2D eigenvalue weighted by molar-refractivity contribution is 6.21. The van der Waals surface area contributed by atoms with Crippen LogP contribution >= 0.6 is 11.6 Å². The zero-order valence-electron chi connectivity index (χ0n) is 8.94. The van der Waals surface area contributed by atoms with Crippen molar-refractivity contribution in [2.45, 2.75) is 5.38 Å². The van der Waals surface area contributed by atoms with Crippen molar-refractivity contribution in [1.29, 1.82) is 0 Å². The average Bonchev–Trinajstić information content (AvgIpc) is 2.69. The van der Waals surface area contributed by atoms with E-state index in [0.29, 0.717) is 19.2 Å². The van der Waals surface area contributed by atoms with Gasteiger partial charge in [0.15, 0.2) is 5.58 Å². The van der Waals surface area contributed by atoms with Gasteiger partial charge in [0.05, 0.1) is 12.0 Å². The van der Waals surface area contributed by atoms with Crippen molar-refractivity contribution >= 4 is 28.7 Å². The number of ether oxygens (including phenoxy) is 1. The SMILES string of the molecule is COCC(Cl)CNc1nc2ccccc2o1.